The summed E-state index contributed by atoms with van der Waals surface area (Å²) in [5.74, 6) is 0. The van der Waals surface area contributed by atoms with Crippen molar-refractivity contribution in [3.05, 3.63) is 83.4 Å². The van der Waals surface area contributed by atoms with Gasteiger partial charge in [-0.1, -0.05) is 60.2 Å². The molecule has 17 heavy (non-hydrogen) atoms. The quantitative estimate of drug-likeness (QED) is 0.676. The Labute approximate surface area is 104 Å². The summed E-state index contributed by atoms with van der Waals surface area (Å²) in [6.45, 7) is 5.97. The summed E-state index contributed by atoms with van der Waals surface area (Å²) < 4.78 is 0. The topological polar surface area (TPSA) is 0 Å². The number of hydrogen-bond acceptors (Lipinski definition) is 0. The average molecular weight is 222 g/mol. The maximum atomic E-state index is 3.83. The fourth-order valence-electron chi connectivity index (χ4n) is 2.09. The molecule has 0 nitrogen and oxygen atoms in total. The minimum atomic E-state index is 0.947. The Hall–Kier alpha value is -1.82. The number of rotatable bonds is 4. The fraction of sp³-hybridized carbons (Fsp3) is 0.176. The van der Waals surface area contributed by atoms with Gasteiger partial charge in [0.05, 0.1) is 0 Å². The van der Waals surface area contributed by atoms with Crippen molar-refractivity contribution < 1.29 is 0 Å². The van der Waals surface area contributed by atoms with Crippen molar-refractivity contribution in [2.75, 3.05) is 0 Å². The van der Waals surface area contributed by atoms with E-state index in [-0.39, 0.29) is 0 Å². The molecule has 0 spiro atoms. The third-order valence-electron chi connectivity index (χ3n) is 2.96. The number of allylic oxidation sites excluding steroid dienone is 1. The summed E-state index contributed by atoms with van der Waals surface area (Å²) in [7, 11) is 0. The van der Waals surface area contributed by atoms with E-state index in [1.54, 1.807) is 0 Å². The van der Waals surface area contributed by atoms with Gasteiger partial charge in [-0.15, -0.1) is 6.58 Å². The Morgan fingerprint density at radius 2 is 1.76 bits per heavy atom. The van der Waals surface area contributed by atoms with Gasteiger partial charge in [-0.2, -0.15) is 0 Å². The fourth-order valence-corrected chi connectivity index (χ4v) is 2.09. The molecule has 0 aliphatic carbocycles. The van der Waals surface area contributed by atoms with E-state index in [0.29, 0.717) is 0 Å². The molecule has 0 saturated heterocycles. The first kappa shape index (κ1) is 11.7. The third kappa shape index (κ3) is 3.07. The molecule has 0 bridgehead atoms. The van der Waals surface area contributed by atoms with Crippen molar-refractivity contribution in [3.8, 4) is 0 Å². The summed E-state index contributed by atoms with van der Waals surface area (Å²) >= 11 is 0. The summed E-state index contributed by atoms with van der Waals surface area (Å²) in [6, 6.07) is 17.3. The second-order valence-corrected chi connectivity index (χ2v) is 4.43. The molecule has 2 aromatic rings. The highest BCUT2D eigenvalue weighted by atomic mass is 14.1. The van der Waals surface area contributed by atoms with E-state index in [0.717, 1.165) is 12.8 Å². The van der Waals surface area contributed by atoms with Crippen LogP contribution in [0.25, 0.3) is 0 Å². The Morgan fingerprint density at radius 1 is 1.00 bits per heavy atom. The van der Waals surface area contributed by atoms with Crippen molar-refractivity contribution in [3.63, 3.8) is 0 Å². The van der Waals surface area contributed by atoms with Crippen LogP contribution >= 0.6 is 0 Å². The second kappa shape index (κ2) is 5.49. The van der Waals surface area contributed by atoms with Gasteiger partial charge in [-0.3, -0.25) is 0 Å². The monoisotopic (exact) mass is 222 g/mol. The van der Waals surface area contributed by atoms with Gasteiger partial charge in [0.15, 0.2) is 0 Å². The van der Waals surface area contributed by atoms with Crippen molar-refractivity contribution in [1.29, 1.82) is 0 Å². The molecule has 86 valence electrons. The lowest BCUT2D eigenvalue weighted by Gasteiger charge is -2.09. The molecular weight excluding hydrogens is 204 g/mol. The predicted octanol–water partition coefficient (Wildman–Crippen LogP) is 4.31. The maximum absolute atomic E-state index is 3.83. The first-order valence-electron chi connectivity index (χ1n) is 6.03. The van der Waals surface area contributed by atoms with Crippen LogP contribution in [0.1, 0.15) is 22.3 Å². The molecule has 0 radical (unpaired) electrons. The molecular formula is C17H18. The molecule has 2 aromatic carbocycles. The van der Waals surface area contributed by atoms with Crippen molar-refractivity contribution in [2.24, 2.45) is 0 Å². The number of hydrogen-bond donors (Lipinski definition) is 0. The van der Waals surface area contributed by atoms with E-state index in [9.17, 15) is 0 Å². The van der Waals surface area contributed by atoms with Crippen LogP contribution in [0.2, 0.25) is 0 Å². The van der Waals surface area contributed by atoms with E-state index in [2.05, 4.69) is 62.0 Å². The Kier molecular flexibility index (Phi) is 3.77. The molecule has 0 amide bonds. The van der Waals surface area contributed by atoms with Crippen LogP contribution in [-0.2, 0) is 12.8 Å². The molecule has 0 heterocycles. The van der Waals surface area contributed by atoms with Crippen LogP contribution in [0.5, 0.6) is 0 Å². The van der Waals surface area contributed by atoms with Gasteiger partial charge in [0.2, 0.25) is 0 Å². The van der Waals surface area contributed by atoms with Crippen LogP contribution < -0.4 is 0 Å². The van der Waals surface area contributed by atoms with Crippen molar-refractivity contribution in [1.82, 2.24) is 0 Å². The van der Waals surface area contributed by atoms with E-state index >= 15 is 0 Å². The molecule has 0 aromatic heterocycles. The molecule has 0 saturated carbocycles. The summed E-state index contributed by atoms with van der Waals surface area (Å²) in [5, 5.41) is 0. The highest BCUT2D eigenvalue weighted by Crippen LogP contribution is 2.17. The summed E-state index contributed by atoms with van der Waals surface area (Å²) in [6.07, 6.45) is 3.92. The lowest BCUT2D eigenvalue weighted by Crippen LogP contribution is -1.95. The Morgan fingerprint density at radius 3 is 2.47 bits per heavy atom. The maximum Gasteiger partial charge on any atom is -0.00228 e. The van der Waals surface area contributed by atoms with Crippen LogP contribution in [0.3, 0.4) is 0 Å². The van der Waals surface area contributed by atoms with Gasteiger partial charge in [-0.05, 0) is 36.5 Å². The lowest BCUT2D eigenvalue weighted by atomic mass is 9.96. The number of benzene rings is 2. The standard InChI is InChI=1S/C17H18/c1-3-7-16-11-10-14(2)12-17(16)13-15-8-5-4-6-9-15/h3-6,8-12H,1,7,13H2,2H3. The van der Waals surface area contributed by atoms with E-state index < -0.39 is 0 Å². The highest BCUT2D eigenvalue weighted by Gasteiger charge is 2.02. The first-order chi connectivity index (χ1) is 8.29. The minimum Gasteiger partial charge on any atom is -0.103 e. The molecule has 0 N–H and O–H groups in total. The van der Waals surface area contributed by atoms with Gasteiger partial charge >= 0.3 is 0 Å². The first-order valence-corrected chi connectivity index (χ1v) is 6.03. The summed E-state index contributed by atoms with van der Waals surface area (Å²) in [4.78, 5) is 0. The van der Waals surface area contributed by atoms with Gasteiger partial charge in [0.25, 0.3) is 0 Å². The highest BCUT2D eigenvalue weighted by molar-refractivity contribution is 5.36. The van der Waals surface area contributed by atoms with Crippen molar-refractivity contribution >= 4 is 0 Å². The smallest absolute Gasteiger partial charge is 0.00228 e. The minimum absolute atomic E-state index is 0.947. The van der Waals surface area contributed by atoms with Crippen molar-refractivity contribution in [2.45, 2.75) is 19.8 Å². The van der Waals surface area contributed by atoms with E-state index in [1.165, 1.54) is 22.3 Å². The third-order valence-corrected chi connectivity index (χ3v) is 2.96. The van der Waals surface area contributed by atoms with Gasteiger partial charge in [-0.25, -0.2) is 0 Å². The molecule has 0 fully saturated rings. The Balaban J connectivity index is 2.30. The summed E-state index contributed by atoms with van der Waals surface area (Å²) in [5.41, 5.74) is 5.48. The van der Waals surface area contributed by atoms with Crippen LogP contribution in [0, 0.1) is 6.92 Å². The molecule has 2 rings (SSSR count). The Bertz CT molecular complexity index is 495. The zero-order valence-corrected chi connectivity index (χ0v) is 10.3. The average Bonchev–Trinajstić information content (AvgIpc) is 2.34. The molecule has 0 heteroatoms. The number of aryl methyl sites for hydroxylation is 1. The SMILES string of the molecule is C=CCc1ccc(C)cc1Cc1ccccc1. The molecule has 0 aliphatic heterocycles. The van der Waals surface area contributed by atoms with Crippen LogP contribution in [0.4, 0.5) is 0 Å². The van der Waals surface area contributed by atoms with Crippen LogP contribution in [-0.4, -0.2) is 0 Å². The molecule has 0 unspecified atom stereocenters. The van der Waals surface area contributed by atoms with E-state index in [4.69, 9.17) is 0 Å². The van der Waals surface area contributed by atoms with Gasteiger partial charge in [0, 0.05) is 0 Å². The van der Waals surface area contributed by atoms with Crippen LogP contribution in [0.15, 0.2) is 61.2 Å². The largest absolute Gasteiger partial charge is 0.103 e. The lowest BCUT2D eigenvalue weighted by molar-refractivity contribution is 1.11. The van der Waals surface area contributed by atoms with Gasteiger partial charge < -0.3 is 0 Å². The van der Waals surface area contributed by atoms with Gasteiger partial charge in [0.1, 0.15) is 0 Å². The normalized spacial score (nSPS) is 10.2. The molecule has 0 atom stereocenters. The zero-order valence-electron chi connectivity index (χ0n) is 10.3. The zero-order chi connectivity index (χ0) is 12.1. The predicted molar refractivity (Wildman–Crippen MR) is 74.3 cm³/mol. The second-order valence-electron chi connectivity index (χ2n) is 4.43. The van der Waals surface area contributed by atoms with E-state index in [1.807, 2.05) is 6.08 Å². The molecule has 0 aliphatic rings.